The molecular formula is C20H18N2O2. The van der Waals surface area contributed by atoms with Gasteiger partial charge in [-0.25, -0.2) is 9.48 Å². The van der Waals surface area contributed by atoms with Crippen molar-refractivity contribution in [1.29, 1.82) is 0 Å². The standard InChI is InChI=1S/C20H18N2O2/c1-2-24-20(23)18-17-13-12-14-8-6-7-11-16(14)22(17)21-19(18)15-9-4-3-5-10-15/h3-11H,2,12-13H2,1H3. The predicted molar refractivity (Wildman–Crippen MR) is 92.4 cm³/mol. The number of ether oxygens (including phenoxy) is 1. The minimum atomic E-state index is -0.294. The number of hydrogen-bond acceptors (Lipinski definition) is 3. The van der Waals surface area contributed by atoms with Gasteiger partial charge in [0.1, 0.15) is 11.3 Å². The quantitative estimate of drug-likeness (QED) is 0.690. The maximum Gasteiger partial charge on any atom is 0.342 e. The highest BCUT2D eigenvalue weighted by atomic mass is 16.5. The number of aryl methyl sites for hydroxylation is 1. The molecule has 1 aliphatic heterocycles. The second kappa shape index (κ2) is 5.96. The van der Waals surface area contributed by atoms with Gasteiger partial charge < -0.3 is 4.74 Å². The molecule has 4 nitrogen and oxygen atoms in total. The summed E-state index contributed by atoms with van der Waals surface area (Å²) in [7, 11) is 0. The van der Waals surface area contributed by atoms with Gasteiger partial charge in [-0.1, -0.05) is 48.5 Å². The Morgan fingerprint density at radius 2 is 1.83 bits per heavy atom. The molecule has 0 unspecified atom stereocenters. The van der Waals surface area contributed by atoms with Crippen LogP contribution in [0.2, 0.25) is 0 Å². The molecule has 4 heteroatoms. The number of esters is 1. The molecule has 0 spiro atoms. The average Bonchev–Trinajstić information content (AvgIpc) is 3.03. The summed E-state index contributed by atoms with van der Waals surface area (Å²) >= 11 is 0. The molecule has 0 amide bonds. The number of para-hydroxylation sites is 1. The summed E-state index contributed by atoms with van der Waals surface area (Å²) in [6.07, 6.45) is 1.69. The summed E-state index contributed by atoms with van der Waals surface area (Å²) in [4.78, 5) is 12.6. The highest BCUT2D eigenvalue weighted by molar-refractivity contribution is 5.98. The summed E-state index contributed by atoms with van der Waals surface area (Å²) in [6.45, 7) is 2.18. The summed E-state index contributed by atoms with van der Waals surface area (Å²) in [5, 5.41) is 4.78. The van der Waals surface area contributed by atoms with Crippen molar-refractivity contribution in [1.82, 2.24) is 9.78 Å². The van der Waals surface area contributed by atoms with Crippen molar-refractivity contribution in [3.63, 3.8) is 0 Å². The molecule has 3 aromatic rings. The van der Waals surface area contributed by atoms with Gasteiger partial charge >= 0.3 is 5.97 Å². The third-order valence-electron chi connectivity index (χ3n) is 4.36. The number of carbonyl (C=O) groups is 1. The molecule has 4 rings (SSSR count). The third-order valence-corrected chi connectivity index (χ3v) is 4.36. The lowest BCUT2D eigenvalue weighted by atomic mass is 9.98. The SMILES string of the molecule is CCOC(=O)c1c(-c2ccccc2)nn2c1CCc1ccccc1-2. The fourth-order valence-corrected chi connectivity index (χ4v) is 3.28. The van der Waals surface area contributed by atoms with E-state index in [1.54, 1.807) is 0 Å². The van der Waals surface area contributed by atoms with E-state index < -0.39 is 0 Å². The van der Waals surface area contributed by atoms with Crippen molar-refractivity contribution in [3.05, 3.63) is 71.4 Å². The third kappa shape index (κ3) is 2.31. The van der Waals surface area contributed by atoms with E-state index in [0.29, 0.717) is 17.9 Å². The Hall–Kier alpha value is -2.88. The van der Waals surface area contributed by atoms with Crippen LogP contribution in [0.15, 0.2) is 54.6 Å². The summed E-state index contributed by atoms with van der Waals surface area (Å²) in [6, 6.07) is 18.0. The number of fused-ring (bicyclic) bond motifs is 3. The van der Waals surface area contributed by atoms with E-state index in [4.69, 9.17) is 9.84 Å². The Balaban J connectivity index is 1.95. The maximum absolute atomic E-state index is 12.6. The van der Waals surface area contributed by atoms with Crippen molar-refractivity contribution >= 4 is 5.97 Å². The fourth-order valence-electron chi connectivity index (χ4n) is 3.28. The lowest BCUT2D eigenvalue weighted by Crippen LogP contribution is -2.16. The summed E-state index contributed by atoms with van der Waals surface area (Å²) < 4.78 is 7.22. The average molecular weight is 318 g/mol. The van der Waals surface area contributed by atoms with Gasteiger partial charge in [0.25, 0.3) is 0 Å². The first-order valence-corrected chi connectivity index (χ1v) is 8.22. The zero-order valence-electron chi connectivity index (χ0n) is 13.5. The normalized spacial score (nSPS) is 12.4. The highest BCUT2D eigenvalue weighted by Gasteiger charge is 2.29. The minimum absolute atomic E-state index is 0.294. The Morgan fingerprint density at radius 3 is 2.62 bits per heavy atom. The van der Waals surface area contributed by atoms with Crippen molar-refractivity contribution in [3.8, 4) is 16.9 Å². The van der Waals surface area contributed by atoms with Gasteiger partial charge in [0.2, 0.25) is 0 Å². The molecule has 0 aliphatic carbocycles. The molecule has 0 radical (unpaired) electrons. The van der Waals surface area contributed by atoms with Gasteiger partial charge in [-0.2, -0.15) is 5.10 Å². The first-order chi connectivity index (χ1) is 11.8. The fraction of sp³-hybridized carbons (Fsp3) is 0.200. The molecule has 0 N–H and O–H groups in total. The molecule has 120 valence electrons. The zero-order chi connectivity index (χ0) is 16.5. The number of hydrogen-bond donors (Lipinski definition) is 0. The maximum atomic E-state index is 12.6. The smallest absolute Gasteiger partial charge is 0.342 e. The van der Waals surface area contributed by atoms with Gasteiger partial charge in [-0.15, -0.1) is 0 Å². The van der Waals surface area contributed by atoms with E-state index in [1.165, 1.54) is 5.56 Å². The molecule has 0 atom stereocenters. The van der Waals surface area contributed by atoms with E-state index in [-0.39, 0.29) is 5.97 Å². The van der Waals surface area contributed by atoms with E-state index in [1.807, 2.05) is 54.1 Å². The van der Waals surface area contributed by atoms with Crippen LogP contribution in [0.4, 0.5) is 0 Å². The summed E-state index contributed by atoms with van der Waals surface area (Å²) in [5.41, 5.74) is 5.46. The monoisotopic (exact) mass is 318 g/mol. The molecule has 0 saturated carbocycles. The van der Waals surface area contributed by atoms with Crippen LogP contribution in [-0.2, 0) is 17.6 Å². The second-order valence-electron chi connectivity index (χ2n) is 5.80. The Labute approximate surface area is 140 Å². The van der Waals surface area contributed by atoms with Crippen LogP contribution >= 0.6 is 0 Å². The molecule has 0 saturated heterocycles. The Bertz CT molecular complexity index is 897. The van der Waals surface area contributed by atoms with Crippen molar-refractivity contribution in [2.24, 2.45) is 0 Å². The molecule has 2 heterocycles. The molecule has 1 aromatic heterocycles. The van der Waals surface area contributed by atoms with Crippen LogP contribution in [0.25, 0.3) is 16.9 Å². The van der Waals surface area contributed by atoms with Crippen molar-refractivity contribution in [2.45, 2.75) is 19.8 Å². The molecular weight excluding hydrogens is 300 g/mol. The van der Waals surface area contributed by atoms with Gasteiger partial charge in [0, 0.05) is 5.56 Å². The van der Waals surface area contributed by atoms with Crippen LogP contribution in [0, 0.1) is 0 Å². The van der Waals surface area contributed by atoms with Gasteiger partial charge in [0.05, 0.1) is 18.0 Å². The molecule has 0 fully saturated rings. The van der Waals surface area contributed by atoms with E-state index in [9.17, 15) is 4.79 Å². The predicted octanol–water partition coefficient (Wildman–Crippen LogP) is 3.81. The van der Waals surface area contributed by atoms with Crippen LogP contribution in [0.3, 0.4) is 0 Å². The second-order valence-corrected chi connectivity index (χ2v) is 5.80. The molecule has 2 aromatic carbocycles. The summed E-state index contributed by atoms with van der Waals surface area (Å²) in [5.74, 6) is -0.294. The Morgan fingerprint density at radius 1 is 1.08 bits per heavy atom. The molecule has 0 bridgehead atoms. The topological polar surface area (TPSA) is 44.1 Å². The number of nitrogens with zero attached hydrogens (tertiary/aromatic N) is 2. The van der Waals surface area contributed by atoms with Crippen LogP contribution in [0.5, 0.6) is 0 Å². The Kier molecular flexibility index (Phi) is 3.65. The minimum Gasteiger partial charge on any atom is -0.462 e. The van der Waals surface area contributed by atoms with E-state index in [2.05, 4.69) is 12.1 Å². The molecule has 24 heavy (non-hydrogen) atoms. The number of carbonyl (C=O) groups excluding carboxylic acids is 1. The first kappa shape index (κ1) is 14.7. The van der Waals surface area contributed by atoms with Crippen molar-refractivity contribution < 1.29 is 9.53 Å². The number of aromatic nitrogens is 2. The number of rotatable bonds is 3. The van der Waals surface area contributed by atoms with Crippen LogP contribution in [0.1, 0.15) is 28.5 Å². The van der Waals surface area contributed by atoms with Crippen LogP contribution < -0.4 is 0 Å². The highest BCUT2D eigenvalue weighted by Crippen LogP contribution is 2.33. The van der Waals surface area contributed by atoms with E-state index >= 15 is 0 Å². The first-order valence-electron chi connectivity index (χ1n) is 8.22. The number of benzene rings is 2. The zero-order valence-corrected chi connectivity index (χ0v) is 13.5. The lowest BCUT2D eigenvalue weighted by Gasteiger charge is -2.18. The molecule has 1 aliphatic rings. The van der Waals surface area contributed by atoms with E-state index in [0.717, 1.165) is 29.8 Å². The van der Waals surface area contributed by atoms with Crippen molar-refractivity contribution in [2.75, 3.05) is 6.61 Å². The lowest BCUT2D eigenvalue weighted by molar-refractivity contribution is 0.0526. The van der Waals surface area contributed by atoms with Crippen LogP contribution in [-0.4, -0.2) is 22.4 Å². The van der Waals surface area contributed by atoms with Gasteiger partial charge in [-0.05, 0) is 31.4 Å². The van der Waals surface area contributed by atoms with Gasteiger partial charge in [-0.3, -0.25) is 0 Å². The van der Waals surface area contributed by atoms with Gasteiger partial charge in [0.15, 0.2) is 0 Å². The largest absolute Gasteiger partial charge is 0.462 e.